The van der Waals surface area contributed by atoms with Crippen LogP contribution in [0, 0.1) is 0 Å². The first-order valence-electron chi connectivity index (χ1n) is 27.8. The molecule has 1 nitrogen and oxygen atoms in total. The largest absolute Gasteiger partial charge is 0.310 e. The van der Waals surface area contributed by atoms with Crippen molar-refractivity contribution in [1.82, 2.24) is 0 Å². The molecule has 8 aromatic rings. The van der Waals surface area contributed by atoms with E-state index in [4.69, 9.17) is 0 Å². The molecule has 8 aromatic carbocycles. The molecule has 1 heteroatoms. The smallest absolute Gasteiger partial charge is 0.0467 e. The van der Waals surface area contributed by atoms with E-state index in [1.54, 1.807) is 0 Å². The first kappa shape index (κ1) is 51.1. The summed E-state index contributed by atoms with van der Waals surface area (Å²) in [6.45, 7) is 32.9. The molecule has 2 aliphatic carbocycles. The van der Waals surface area contributed by atoms with E-state index >= 15 is 0 Å². The van der Waals surface area contributed by atoms with Crippen molar-refractivity contribution < 1.29 is 0 Å². The molecule has 74 heavy (non-hydrogen) atoms. The molecule has 1 fully saturated rings. The van der Waals surface area contributed by atoms with Gasteiger partial charge in [-0.3, -0.25) is 0 Å². The van der Waals surface area contributed by atoms with Crippen molar-refractivity contribution in [2.45, 2.75) is 162 Å². The standard InChI is InChI=1S/C73H81N/c1-69(2,3)58-39-53(37-54(40-58)55-38-56(42-59(41-55)70(4,5)6)57-43-60(71(7,8)9)46-61(44-57)72(10,11)12)52-23-20-24-63(45-52)74(64-35-36-66-65-25-18-19-26-67(65)73(13,14)68(66)47-64)62-33-31-51(32-34-62)50-29-27-49(28-30-50)48-21-16-15-17-22-48/h18-20,23-48H,15-17,21-22H2,1-14H3. The van der Waals surface area contributed by atoms with Crippen LogP contribution >= 0.6 is 0 Å². The van der Waals surface area contributed by atoms with E-state index in [9.17, 15) is 0 Å². The minimum atomic E-state index is -0.124. The van der Waals surface area contributed by atoms with Crippen LogP contribution in [0.5, 0.6) is 0 Å². The van der Waals surface area contributed by atoms with Crippen molar-refractivity contribution in [1.29, 1.82) is 0 Å². The maximum absolute atomic E-state index is 2.48. The number of fused-ring (bicyclic) bond motifs is 3. The maximum atomic E-state index is 2.48. The highest BCUT2D eigenvalue weighted by Crippen LogP contribution is 2.51. The molecule has 0 atom stereocenters. The number of hydrogen-bond donors (Lipinski definition) is 0. The lowest BCUT2D eigenvalue weighted by Gasteiger charge is -2.29. The second-order valence-corrected chi connectivity index (χ2v) is 26.7. The molecule has 0 N–H and O–H groups in total. The highest BCUT2D eigenvalue weighted by atomic mass is 15.1. The molecular formula is C73H81N. The molecule has 0 spiro atoms. The Morgan fingerprint density at radius 1 is 0.338 bits per heavy atom. The first-order valence-corrected chi connectivity index (χ1v) is 27.8. The van der Waals surface area contributed by atoms with Gasteiger partial charge in [0.05, 0.1) is 0 Å². The summed E-state index contributed by atoms with van der Waals surface area (Å²) in [5, 5.41) is 0. The Bertz CT molecular complexity index is 3310. The van der Waals surface area contributed by atoms with Crippen LogP contribution in [0.2, 0.25) is 0 Å². The van der Waals surface area contributed by atoms with Crippen LogP contribution in [0.3, 0.4) is 0 Å². The third-order valence-electron chi connectivity index (χ3n) is 16.6. The molecule has 0 aromatic heterocycles. The van der Waals surface area contributed by atoms with Crippen molar-refractivity contribution in [2.24, 2.45) is 0 Å². The zero-order chi connectivity index (χ0) is 52.5. The molecule has 0 saturated heterocycles. The van der Waals surface area contributed by atoms with Crippen molar-refractivity contribution in [3.63, 3.8) is 0 Å². The highest BCUT2D eigenvalue weighted by molar-refractivity contribution is 5.88. The average molecular weight is 972 g/mol. The van der Waals surface area contributed by atoms with Gasteiger partial charge >= 0.3 is 0 Å². The van der Waals surface area contributed by atoms with Gasteiger partial charge in [0.25, 0.3) is 0 Å². The average Bonchev–Trinajstić information content (AvgIpc) is 3.61. The van der Waals surface area contributed by atoms with Crippen molar-refractivity contribution in [3.05, 3.63) is 209 Å². The molecule has 0 unspecified atom stereocenters. The lowest BCUT2D eigenvalue weighted by Crippen LogP contribution is -2.16. The normalized spacial score (nSPS) is 14.9. The molecule has 2 aliphatic rings. The molecule has 0 radical (unpaired) electrons. The van der Waals surface area contributed by atoms with Gasteiger partial charge in [0.15, 0.2) is 0 Å². The van der Waals surface area contributed by atoms with Crippen LogP contribution < -0.4 is 4.90 Å². The fourth-order valence-corrected chi connectivity index (χ4v) is 11.7. The Hall–Kier alpha value is -6.44. The number of benzene rings is 8. The molecule has 378 valence electrons. The zero-order valence-electron chi connectivity index (χ0n) is 47.2. The molecule has 0 heterocycles. The van der Waals surface area contributed by atoms with Gasteiger partial charge < -0.3 is 4.90 Å². The van der Waals surface area contributed by atoms with Crippen LogP contribution in [-0.2, 0) is 27.1 Å². The Morgan fingerprint density at radius 2 is 0.770 bits per heavy atom. The maximum Gasteiger partial charge on any atom is 0.0467 e. The molecule has 0 amide bonds. The SMILES string of the molecule is CC(C)(C)c1cc(-c2cccc(N(c3ccc(-c4ccc(C5CCCCC5)cc4)cc3)c3ccc4c(c3)C(C)(C)c3ccccc3-4)c2)cc(-c2cc(-c3cc(C(C)(C)C)cc(C(C)(C)C)c3)cc(C(C)(C)C)c2)c1. The van der Waals surface area contributed by atoms with Gasteiger partial charge in [0.1, 0.15) is 0 Å². The predicted octanol–water partition coefficient (Wildman–Crippen LogP) is 21.4. The Morgan fingerprint density at radius 3 is 1.30 bits per heavy atom. The fourth-order valence-electron chi connectivity index (χ4n) is 11.7. The van der Waals surface area contributed by atoms with E-state index in [0.29, 0.717) is 5.92 Å². The minimum absolute atomic E-state index is 0.0214. The first-order chi connectivity index (χ1) is 34.9. The van der Waals surface area contributed by atoms with Gasteiger partial charge in [-0.2, -0.15) is 0 Å². The summed E-state index contributed by atoms with van der Waals surface area (Å²) in [6, 6.07) is 66.1. The van der Waals surface area contributed by atoms with E-state index in [1.807, 2.05) is 0 Å². The molecule has 0 bridgehead atoms. The van der Waals surface area contributed by atoms with Gasteiger partial charge in [0, 0.05) is 22.5 Å². The lowest BCUT2D eigenvalue weighted by atomic mass is 9.77. The van der Waals surface area contributed by atoms with Crippen molar-refractivity contribution >= 4 is 17.1 Å². The number of hydrogen-bond acceptors (Lipinski definition) is 1. The van der Waals surface area contributed by atoms with E-state index in [2.05, 4.69) is 272 Å². The van der Waals surface area contributed by atoms with Crippen LogP contribution in [0.25, 0.3) is 55.6 Å². The van der Waals surface area contributed by atoms with Crippen molar-refractivity contribution in [3.8, 4) is 55.6 Å². The van der Waals surface area contributed by atoms with Crippen LogP contribution in [0.1, 0.15) is 174 Å². The van der Waals surface area contributed by atoms with Crippen LogP contribution in [-0.4, -0.2) is 0 Å². The van der Waals surface area contributed by atoms with Crippen molar-refractivity contribution in [2.75, 3.05) is 4.90 Å². The third-order valence-corrected chi connectivity index (χ3v) is 16.6. The zero-order valence-corrected chi connectivity index (χ0v) is 47.2. The Kier molecular flexibility index (Phi) is 13.1. The monoisotopic (exact) mass is 972 g/mol. The summed E-state index contributed by atoms with van der Waals surface area (Å²) < 4.78 is 0. The highest BCUT2D eigenvalue weighted by Gasteiger charge is 2.36. The predicted molar refractivity (Wildman–Crippen MR) is 321 cm³/mol. The van der Waals surface area contributed by atoms with Gasteiger partial charge in [-0.1, -0.05) is 238 Å². The molecule has 1 saturated carbocycles. The van der Waals surface area contributed by atoms with Gasteiger partial charge in [-0.05, 0) is 184 Å². The van der Waals surface area contributed by atoms with Crippen LogP contribution in [0.4, 0.5) is 17.1 Å². The van der Waals surface area contributed by atoms with E-state index < -0.39 is 0 Å². The summed E-state index contributed by atoms with van der Waals surface area (Å²) in [5.74, 6) is 0.702. The van der Waals surface area contributed by atoms with E-state index in [1.165, 1.54) is 127 Å². The van der Waals surface area contributed by atoms with Gasteiger partial charge in [-0.25, -0.2) is 0 Å². The second-order valence-electron chi connectivity index (χ2n) is 26.7. The van der Waals surface area contributed by atoms with E-state index in [0.717, 1.165) is 17.1 Å². The quantitative estimate of drug-likeness (QED) is 0.147. The summed E-state index contributed by atoms with van der Waals surface area (Å²) in [6.07, 6.45) is 6.72. The Labute approximate surface area is 446 Å². The summed E-state index contributed by atoms with van der Waals surface area (Å²) >= 11 is 0. The lowest BCUT2D eigenvalue weighted by molar-refractivity contribution is 0.443. The number of anilines is 3. The Balaban J connectivity index is 1.09. The van der Waals surface area contributed by atoms with Crippen LogP contribution in [0.15, 0.2) is 170 Å². The molecule has 0 aliphatic heterocycles. The summed E-state index contributed by atoms with van der Waals surface area (Å²) in [4.78, 5) is 2.48. The van der Waals surface area contributed by atoms with Gasteiger partial charge in [0.2, 0.25) is 0 Å². The number of nitrogens with zero attached hydrogens (tertiary/aromatic N) is 1. The third kappa shape index (κ3) is 10.2. The minimum Gasteiger partial charge on any atom is -0.310 e. The fraction of sp³-hybridized carbons (Fsp3) is 0.342. The summed E-state index contributed by atoms with van der Waals surface area (Å²) in [7, 11) is 0. The van der Waals surface area contributed by atoms with Gasteiger partial charge in [-0.15, -0.1) is 0 Å². The number of rotatable bonds is 8. The second kappa shape index (κ2) is 19.0. The summed E-state index contributed by atoms with van der Waals surface area (Å²) in [5.41, 5.74) is 25.5. The molecular weight excluding hydrogens is 891 g/mol. The van der Waals surface area contributed by atoms with E-state index in [-0.39, 0.29) is 27.1 Å². The molecule has 10 rings (SSSR count). The topological polar surface area (TPSA) is 3.24 Å².